The number of alkyl halides is 2. The summed E-state index contributed by atoms with van der Waals surface area (Å²) in [5, 5.41) is 8.51. The van der Waals surface area contributed by atoms with Crippen LogP contribution in [-0.2, 0) is 0 Å². The van der Waals surface area contributed by atoms with Crippen molar-refractivity contribution >= 4 is 12.4 Å². The maximum atomic E-state index is 13.1. The molecule has 0 aliphatic heterocycles. The summed E-state index contributed by atoms with van der Waals surface area (Å²) in [4.78, 5) is 0. The van der Waals surface area contributed by atoms with E-state index in [0.717, 1.165) is 0 Å². The largest absolute Gasteiger partial charge is 0.494 e. The fourth-order valence-electron chi connectivity index (χ4n) is 1.28. The molecule has 0 aliphatic rings. The van der Waals surface area contributed by atoms with Gasteiger partial charge in [0.25, 0.3) is 5.92 Å². The maximum absolute atomic E-state index is 13.1. The van der Waals surface area contributed by atoms with Crippen molar-refractivity contribution in [1.29, 1.82) is 0 Å². The van der Waals surface area contributed by atoms with Crippen molar-refractivity contribution in [1.82, 2.24) is 0 Å². The highest BCUT2D eigenvalue weighted by Crippen LogP contribution is 2.29. The Hall–Kier alpha value is -0.910. The van der Waals surface area contributed by atoms with Crippen molar-refractivity contribution in [2.75, 3.05) is 13.2 Å². The molecule has 0 unspecified atom stereocenters. The lowest BCUT2D eigenvalue weighted by Crippen LogP contribution is -2.36. The first kappa shape index (κ1) is 16.1. The van der Waals surface area contributed by atoms with Gasteiger partial charge in [-0.1, -0.05) is 12.1 Å². The van der Waals surface area contributed by atoms with Crippen LogP contribution in [0.2, 0.25) is 0 Å². The molecule has 0 fully saturated rings. The Morgan fingerprint density at radius 2 is 1.88 bits per heavy atom. The van der Waals surface area contributed by atoms with E-state index in [2.05, 4.69) is 0 Å². The van der Waals surface area contributed by atoms with Crippen molar-refractivity contribution in [3.63, 3.8) is 0 Å². The number of benzene rings is 1. The normalized spacial score (nSPS) is 12.8. The molecule has 1 aromatic carbocycles. The summed E-state index contributed by atoms with van der Waals surface area (Å²) in [6.07, 6.45) is 0. The third-order valence-electron chi connectivity index (χ3n) is 2.22. The second-order valence-corrected chi connectivity index (χ2v) is 3.40. The summed E-state index contributed by atoms with van der Waals surface area (Å²) in [5.41, 5.74) is 5.62. The molecule has 98 valence electrons. The molecule has 6 heteroatoms. The van der Waals surface area contributed by atoms with Gasteiger partial charge in [-0.2, -0.15) is 0 Å². The molecule has 0 bridgehead atoms. The summed E-state index contributed by atoms with van der Waals surface area (Å²) in [7, 11) is 0. The maximum Gasteiger partial charge on any atom is 0.289 e. The molecule has 1 rings (SSSR count). The monoisotopic (exact) mass is 267 g/mol. The average molecular weight is 268 g/mol. The van der Waals surface area contributed by atoms with Crippen molar-refractivity contribution < 1.29 is 18.6 Å². The van der Waals surface area contributed by atoms with E-state index in [1.54, 1.807) is 12.1 Å². The van der Waals surface area contributed by atoms with Crippen LogP contribution in [0.4, 0.5) is 8.78 Å². The Balaban J connectivity index is 0.00000256. The highest BCUT2D eigenvalue weighted by atomic mass is 35.5. The summed E-state index contributed by atoms with van der Waals surface area (Å²) < 4.78 is 31.3. The molecule has 0 heterocycles. The number of ether oxygens (including phenoxy) is 1. The van der Waals surface area contributed by atoms with Gasteiger partial charge in [-0.15, -0.1) is 12.4 Å². The first-order valence-corrected chi connectivity index (χ1v) is 4.98. The van der Waals surface area contributed by atoms with Crippen LogP contribution in [0.15, 0.2) is 24.3 Å². The number of hydrogen-bond acceptors (Lipinski definition) is 3. The lowest BCUT2D eigenvalue weighted by Gasteiger charge is -2.21. The van der Waals surface area contributed by atoms with Crippen LogP contribution in [0.1, 0.15) is 18.5 Å². The van der Waals surface area contributed by atoms with Crippen molar-refractivity contribution in [2.24, 2.45) is 5.73 Å². The van der Waals surface area contributed by atoms with Gasteiger partial charge in [0.15, 0.2) is 0 Å². The predicted octanol–water partition coefficient (Wildman–Crippen LogP) is 2.13. The molecule has 3 N–H and O–H groups in total. The van der Waals surface area contributed by atoms with Gasteiger partial charge in [-0.05, 0) is 24.6 Å². The van der Waals surface area contributed by atoms with E-state index in [1.807, 2.05) is 6.92 Å². The second kappa shape index (κ2) is 6.74. The highest BCUT2D eigenvalue weighted by molar-refractivity contribution is 5.85. The van der Waals surface area contributed by atoms with Crippen LogP contribution >= 0.6 is 12.4 Å². The third-order valence-corrected chi connectivity index (χ3v) is 2.22. The van der Waals surface area contributed by atoms with Gasteiger partial charge < -0.3 is 15.6 Å². The van der Waals surface area contributed by atoms with Gasteiger partial charge >= 0.3 is 0 Å². The van der Waals surface area contributed by atoms with E-state index in [-0.39, 0.29) is 18.0 Å². The van der Waals surface area contributed by atoms with Gasteiger partial charge in [0.2, 0.25) is 0 Å². The van der Waals surface area contributed by atoms with E-state index in [9.17, 15) is 8.78 Å². The highest BCUT2D eigenvalue weighted by Gasteiger charge is 2.37. The molecule has 0 amide bonds. The zero-order chi connectivity index (χ0) is 12.2. The van der Waals surface area contributed by atoms with Crippen LogP contribution in [0.25, 0.3) is 0 Å². The van der Waals surface area contributed by atoms with E-state index >= 15 is 0 Å². The number of rotatable bonds is 5. The first-order valence-electron chi connectivity index (χ1n) is 4.98. The van der Waals surface area contributed by atoms with Gasteiger partial charge in [-0.25, -0.2) is 8.78 Å². The summed E-state index contributed by atoms with van der Waals surface area (Å²) in [6.45, 7) is 1.08. The van der Waals surface area contributed by atoms with Crippen molar-refractivity contribution in [2.45, 2.75) is 18.9 Å². The number of hydrogen-bond donors (Lipinski definition) is 2. The molecule has 0 aromatic heterocycles. The minimum Gasteiger partial charge on any atom is -0.494 e. The number of halogens is 3. The molecule has 1 aromatic rings. The molecule has 1 atom stereocenters. The molecule has 0 aliphatic carbocycles. The fraction of sp³-hybridized carbons (Fsp3) is 0.455. The van der Waals surface area contributed by atoms with Crippen LogP contribution in [-0.4, -0.2) is 24.2 Å². The Bertz CT molecular complexity index is 333. The number of nitrogens with two attached hydrogens (primary N) is 1. The molecule has 0 spiro atoms. The summed E-state index contributed by atoms with van der Waals surface area (Å²) >= 11 is 0. The molecule has 0 saturated heterocycles. The quantitative estimate of drug-likeness (QED) is 0.859. The fourth-order valence-corrected chi connectivity index (χ4v) is 1.28. The SMILES string of the molecule is CCOc1ccc([C@@H](N)C(F)(F)CO)cc1.Cl. The Kier molecular flexibility index (Phi) is 6.37. The van der Waals surface area contributed by atoms with Crippen LogP contribution in [0.5, 0.6) is 5.75 Å². The molecular weight excluding hydrogens is 252 g/mol. The summed E-state index contributed by atoms with van der Waals surface area (Å²) in [5.74, 6) is -2.71. The van der Waals surface area contributed by atoms with E-state index in [4.69, 9.17) is 15.6 Å². The molecule has 3 nitrogen and oxygen atoms in total. The zero-order valence-corrected chi connectivity index (χ0v) is 10.2. The Morgan fingerprint density at radius 3 is 2.29 bits per heavy atom. The Morgan fingerprint density at radius 1 is 1.35 bits per heavy atom. The number of aliphatic hydroxyl groups is 1. The first-order chi connectivity index (χ1) is 7.51. The van der Waals surface area contributed by atoms with Crippen LogP contribution < -0.4 is 10.5 Å². The minimum absolute atomic E-state index is 0. The van der Waals surface area contributed by atoms with Gasteiger partial charge in [0, 0.05) is 0 Å². The lowest BCUT2D eigenvalue weighted by molar-refractivity contribution is -0.0711. The van der Waals surface area contributed by atoms with Crippen LogP contribution in [0, 0.1) is 0 Å². The molecule has 0 saturated carbocycles. The molecule has 0 radical (unpaired) electrons. The van der Waals surface area contributed by atoms with Gasteiger partial charge in [-0.3, -0.25) is 0 Å². The third kappa shape index (κ3) is 4.11. The lowest BCUT2D eigenvalue weighted by atomic mass is 10.0. The van der Waals surface area contributed by atoms with Gasteiger partial charge in [0.1, 0.15) is 12.4 Å². The molecular formula is C11H16ClF2NO2. The van der Waals surface area contributed by atoms with Gasteiger partial charge in [0.05, 0.1) is 12.6 Å². The Labute approximate surface area is 105 Å². The minimum atomic E-state index is -3.31. The van der Waals surface area contributed by atoms with E-state index in [1.165, 1.54) is 12.1 Å². The number of aliphatic hydroxyl groups excluding tert-OH is 1. The average Bonchev–Trinajstić information content (AvgIpc) is 2.29. The second-order valence-electron chi connectivity index (χ2n) is 3.40. The zero-order valence-electron chi connectivity index (χ0n) is 9.40. The smallest absolute Gasteiger partial charge is 0.289 e. The van der Waals surface area contributed by atoms with E-state index in [0.29, 0.717) is 12.4 Å². The van der Waals surface area contributed by atoms with Crippen molar-refractivity contribution in [3.8, 4) is 5.75 Å². The van der Waals surface area contributed by atoms with Crippen molar-refractivity contribution in [3.05, 3.63) is 29.8 Å². The summed E-state index contributed by atoms with van der Waals surface area (Å²) in [6, 6.07) is 4.59. The molecule has 17 heavy (non-hydrogen) atoms. The van der Waals surface area contributed by atoms with Crippen LogP contribution in [0.3, 0.4) is 0 Å². The predicted molar refractivity (Wildman–Crippen MR) is 63.8 cm³/mol. The van der Waals surface area contributed by atoms with E-state index < -0.39 is 18.6 Å². The topological polar surface area (TPSA) is 55.5 Å². The standard InChI is InChI=1S/C11H15F2NO2.ClH/c1-2-16-9-5-3-8(4-6-9)10(14)11(12,13)7-15;/h3-6,10,15H,2,7,14H2,1H3;1H/t10-;/m1./s1.